The van der Waals surface area contributed by atoms with Gasteiger partial charge in [0.25, 0.3) is 5.91 Å². The Morgan fingerprint density at radius 2 is 1.95 bits per heavy atom. The van der Waals surface area contributed by atoms with E-state index in [4.69, 9.17) is 5.11 Å². The molecule has 5 heteroatoms. The van der Waals surface area contributed by atoms with Crippen LogP contribution in [0.3, 0.4) is 0 Å². The van der Waals surface area contributed by atoms with E-state index in [2.05, 4.69) is 5.32 Å². The molecule has 2 aromatic rings. The van der Waals surface area contributed by atoms with Crippen molar-refractivity contribution in [3.8, 4) is 0 Å². The number of benzene rings is 2. The number of aryl methyl sites for hydroxylation is 1. The quantitative estimate of drug-likeness (QED) is 0.908. The monoisotopic (exact) mass is 287 g/mol. The van der Waals surface area contributed by atoms with Crippen LogP contribution < -0.4 is 5.32 Å². The van der Waals surface area contributed by atoms with Crippen molar-refractivity contribution in [3.63, 3.8) is 0 Å². The van der Waals surface area contributed by atoms with Gasteiger partial charge in [-0.05, 0) is 42.3 Å². The number of carbonyl (C=O) groups excluding carboxylic acids is 1. The molecule has 0 saturated carbocycles. The van der Waals surface area contributed by atoms with Gasteiger partial charge in [0.15, 0.2) is 0 Å². The molecule has 0 aliphatic rings. The van der Waals surface area contributed by atoms with E-state index < -0.39 is 17.7 Å². The summed E-state index contributed by atoms with van der Waals surface area (Å²) in [5.41, 5.74) is 1.73. The highest BCUT2D eigenvalue weighted by Crippen LogP contribution is 2.14. The van der Waals surface area contributed by atoms with E-state index in [-0.39, 0.29) is 12.0 Å². The number of carboxylic acid groups (broad SMARTS) is 1. The number of amides is 1. The second-order valence-electron chi connectivity index (χ2n) is 4.69. The minimum absolute atomic E-state index is 0.122. The summed E-state index contributed by atoms with van der Waals surface area (Å²) in [6.45, 7) is 1.62. The SMILES string of the molecule is Cc1ccc(C(=O)Nc2cccc(CC(=O)O)c2)cc1F. The lowest BCUT2D eigenvalue weighted by atomic mass is 10.1. The molecule has 0 unspecified atom stereocenters. The Morgan fingerprint density at radius 3 is 2.62 bits per heavy atom. The van der Waals surface area contributed by atoms with Crippen molar-refractivity contribution in [1.82, 2.24) is 0 Å². The Bertz CT molecular complexity index is 698. The van der Waals surface area contributed by atoms with Gasteiger partial charge in [0.1, 0.15) is 5.82 Å². The van der Waals surface area contributed by atoms with E-state index in [1.54, 1.807) is 31.2 Å². The molecule has 108 valence electrons. The number of halogens is 1. The van der Waals surface area contributed by atoms with Gasteiger partial charge >= 0.3 is 5.97 Å². The first-order valence-electron chi connectivity index (χ1n) is 6.34. The molecule has 4 nitrogen and oxygen atoms in total. The molecular formula is C16H14FNO3. The van der Waals surface area contributed by atoms with E-state index in [0.29, 0.717) is 16.8 Å². The molecule has 2 N–H and O–H groups in total. The van der Waals surface area contributed by atoms with Crippen molar-refractivity contribution in [2.24, 2.45) is 0 Å². The van der Waals surface area contributed by atoms with Crippen molar-refractivity contribution in [3.05, 3.63) is 65.0 Å². The number of anilines is 1. The summed E-state index contributed by atoms with van der Waals surface area (Å²) in [7, 11) is 0. The van der Waals surface area contributed by atoms with Crippen LogP contribution in [0.5, 0.6) is 0 Å². The molecule has 0 aromatic heterocycles. The van der Waals surface area contributed by atoms with E-state index in [1.165, 1.54) is 18.2 Å². The van der Waals surface area contributed by atoms with E-state index >= 15 is 0 Å². The molecule has 0 aliphatic heterocycles. The van der Waals surface area contributed by atoms with Gasteiger partial charge in [-0.15, -0.1) is 0 Å². The zero-order valence-electron chi connectivity index (χ0n) is 11.4. The Morgan fingerprint density at radius 1 is 1.19 bits per heavy atom. The first kappa shape index (κ1) is 14.7. The van der Waals surface area contributed by atoms with Crippen LogP contribution in [-0.2, 0) is 11.2 Å². The fourth-order valence-electron chi connectivity index (χ4n) is 1.87. The van der Waals surface area contributed by atoms with Gasteiger partial charge in [-0.2, -0.15) is 0 Å². The Kier molecular flexibility index (Phi) is 4.33. The summed E-state index contributed by atoms with van der Waals surface area (Å²) in [6, 6.07) is 10.8. The number of hydrogen-bond donors (Lipinski definition) is 2. The Hall–Kier alpha value is -2.69. The van der Waals surface area contributed by atoms with Crippen LogP contribution in [-0.4, -0.2) is 17.0 Å². The van der Waals surface area contributed by atoms with Gasteiger partial charge in [-0.1, -0.05) is 18.2 Å². The van der Waals surface area contributed by atoms with Gasteiger partial charge in [-0.3, -0.25) is 9.59 Å². The van der Waals surface area contributed by atoms with Crippen molar-refractivity contribution in [2.45, 2.75) is 13.3 Å². The summed E-state index contributed by atoms with van der Waals surface area (Å²) in [5, 5.41) is 11.4. The zero-order valence-corrected chi connectivity index (χ0v) is 11.4. The molecule has 0 aliphatic carbocycles. The van der Waals surface area contributed by atoms with Gasteiger partial charge in [0.05, 0.1) is 6.42 Å². The molecule has 0 saturated heterocycles. The van der Waals surface area contributed by atoms with Gasteiger partial charge in [0, 0.05) is 11.3 Å². The average Bonchev–Trinajstić information content (AvgIpc) is 2.41. The number of rotatable bonds is 4. The Labute approximate surface area is 121 Å². The van der Waals surface area contributed by atoms with Crippen molar-refractivity contribution in [2.75, 3.05) is 5.32 Å². The van der Waals surface area contributed by atoms with Crippen LogP contribution in [0.1, 0.15) is 21.5 Å². The molecule has 2 rings (SSSR count). The summed E-state index contributed by atoms with van der Waals surface area (Å²) in [5.74, 6) is -1.83. The minimum Gasteiger partial charge on any atom is -0.481 e. The molecule has 0 bridgehead atoms. The number of hydrogen-bond acceptors (Lipinski definition) is 2. The number of carboxylic acids is 1. The predicted molar refractivity (Wildman–Crippen MR) is 76.9 cm³/mol. The number of nitrogens with one attached hydrogen (secondary N) is 1. The maximum absolute atomic E-state index is 13.4. The standard InChI is InChI=1S/C16H14FNO3/c1-10-5-6-12(9-14(10)17)16(21)18-13-4-2-3-11(7-13)8-15(19)20/h2-7,9H,8H2,1H3,(H,18,21)(H,19,20). The second-order valence-corrected chi connectivity index (χ2v) is 4.69. The second kappa shape index (κ2) is 6.17. The van der Waals surface area contributed by atoms with Crippen LogP contribution in [0.25, 0.3) is 0 Å². The third-order valence-corrected chi connectivity index (χ3v) is 2.97. The van der Waals surface area contributed by atoms with Gasteiger partial charge in [0.2, 0.25) is 0 Å². The number of carbonyl (C=O) groups is 2. The molecule has 0 heterocycles. The van der Waals surface area contributed by atoms with Gasteiger partial charge in [-0.25, -0.2) is 4.39 Å². The van der Waals surface area contributed by atoms with Crippen LogP contribution >= 0.6 is 0 Å². The number of aliphatic carboxylic acids is 1. The maximum atomic E-state index is 13.4. The lowest BCUT2D eigenvalue weighted by Gasteiger charge is -2.07. The van der Waals surface area contributed by atoms with E-state index in [0.717, 1.165) is 0 Å². The molecule has 21 heavy (non-hydrogen) atoms. The first-order chi connectivity index (χ1) is 9.95. The van der Waals surface area contributed by atoms with Crippen molar-refractivity contribution < 1.29 is 19.1 Å². The molecule has 1 amide bonds. The summed E-state index contributed by atoms with van der Waals surface area (Å²) < 4.78 is 13.4. The highest BCUT2D eigenvalue weighted by molar-refractivity contribution is 6.04. The lowest BCUT2D eigenvalue weighted by molar-refractivity contribution is -0.136. The third-order valence-electron chi connectivity index (χ3n) is 2.97. The maximum Gasteiger partial charge on any atom is 0.307 e. The largest absolute Gasteiger partial charge is 0.481 e. The zero-order chi connectivity index (χ0) is 15.4. The topological polar surface area (TPSA) is 66.4 Å². The van der Waals surface area contributed by atoms with E-state index in [9.17, 15) is 14.0 Å². The molecule has 0 spiro atoms. The molecule has 2 aromatic carbocycles. The molecular weight excluding hydrogens is 273 g/mol. The first-order valence-corrected chi connectivity index (χ1v) is 6.34. The minimum atomic E-state index is -0.945. The van der Waals surface area contributed by atoms with Crippen LogP contribution in [0, 0.1) is 12.7 Å². The highest BCUT2D eigenvalue weighted by atomic mass is 19.1. The fraction of sp³-hybridized carbons (Fsp3) is 0.125. The van der Waals surface area contributed by atoms with Crippen molar-refractivity contribution in [1.29, 1.82) is 0 Å². The third kappa shape index (κ3) is 3.89. The predicted octanol–water partition coefficient (Wildman–Crippen LogP) is 3.01. The summed E-state index contributed by atoms with van der Waals surface area (Å²) in [6.07, 6.45) is -0.122. The van der Waals surface area contributed by atoms with Crippen LogP contribution in [0.2, 0.25) is 0 Å². The average molecular weight is 287 g/mol. The lowest BCUT2D eigenvalue weighted by Crippen LogP contribution is -2.12. The summed E-state index contributed by atoms with van der Waals surface area (Å²) >= 11 is 0. The van der Waals surface area contributed by atoms with Crippen molar-refractivity contribution >= 4 is 17.6 Å². The summed E-state index contributed by atoms with van der Waals surface area (Å²) in [4.78, 5) is 22.7. The molecule has 0 fully saturated rings. The van der Waals surface area contributed by atoms with Gasteiger partial charge < -0.3 is 10.4 Å². The molecule has 0 radical (unpaired) electrons. The smallest absolute Gasteiger partial charge is 0.307 e. The normalized spacial score (nSPS) is 10.2. The fourth-order valence-corrected chi connectivity index (χ4v) is 1.87. The Balaban J connectivity index is 2.15. The van der Waals surface area contributed by atoms with Crippen LogP contribution in [0.4, 0.5) is 10.1 Å². The van der Waals surface area contributed by atoms with E-state index in [1.807, 2.05) is 0 Å². The highest BCUT2D eigenvalue weighted by Gasteiger charge is 2.09. The molecule has 0 atom stereocenters. The van der Waals surface area contributed by atoms with Crippen LogP contribution in [0.15, 0.2) is 42.5 Å².